The lowest BCUT2D eigenvalue weighted by Gasteiger charge is -2.06. The zero-order valence-corrected chi connectivity index (χ0v) is 10.7. The van der Waals surface area contributed by atoms with Crippen LogP contribution in [-0.4, -0.2) is 24.0 Å². The van der Waals surface area contributed by atoms with Gasteiger partial charge in [-0.1, -0.05) is 61.2 Å². The molecule has 0 aliphatic carbocycles. The van der Waals surface area contributed by atoms with Gasteiger partial charge < -0.3 is 5.11 Å². The van der Waals surface area contributed by atoms with Crippen LogP contribution in [-0.2, 0) is 0 Å². The first-order valence-electron chi connectivity index (χ1n) is 5.99. The lowest BCUT2D eigenvalue weighted by molar-refractivity contribution is 0.307. The second-order valence-corrected chi connectivity index (χ2v) is 3.73. The number of aliphatic hydroxyl groups excluding tert-OH is 1. The van der Waals surface area contributed by atoms with Crippen LogP contribution in [0.3, 0.4) is 0 Å². The van der Waals surface area contributed by atoms with Crippen LogP contribution in [0.4, 0.5) is 0 Å². The van der Waals surface area contributed by atoms with Crippen molar-refractivity contribution in [3.8, 4) is 0 Å². The Morgan fingerprint density at radius 1 is 1.28 bits per heavy atom. The molecule has 0 saturated heterocycles. The summed E-state index contributed by atoms with van der Waals surface area (Å²) in [5.74, 6) is 0. The molecule has 0 aliphatic rings. The van der Waals surface area contributed by atoms with E-state index in [0.29, 0.717) is 6.54 Å². The normalized spacial score (nSPS) is 12.4. The third-order valence-corrected chi connectivity index (χ3v) is 2.32. The molecule has 0 unspecified atom stereocenters. The zero-order valence-electron chi connectivity index (χ0n) is 10.7. The highest BCUT2D eigenvalue weighted by Gasteiger charge is 2.04. The minimum absolute atomic E-state index is 0.0438. The van der Waals surface area contributed by atoms with Crippen LogP contribution in [0.1, 0.15) is 12.5 Å². The summed E-state index contributed by atoms with van der Waals surface area (Å²) in [7, 11) is 0. The summed E-state index contributed by atoms with van der Waals surface area (Å²) < 4.78 is 0. The van der Waals surface area contributed by atoms with Gasteiger partial charge in [0.2, 0.25) is 0 Å². The molecule has 0 saturated carbocycles. The van der Waals surface area contributed by atoms with E-state index >= 15 is 0 Å². The molecule has 0 fully saturated rings. The SMILES string of the molecule is C=C(/C=C\C=C/C)C(=NCCO)c1ccccc1. The zero-order chi connectivity index (χ0) is 13.2. The number of nitrogens with zero attached hydrogens (tertiary/aromatic N) is 1. The standard InChI is InChI=1S/C16H19NO/c1-3-4-6-9-14(2)16(17-12-13-18)15-10-7-5-8-11-15/h3-11,18H,2,12-13H2,1H3/b4-3-,9-6-,17-16?. The molecule has 0 aromatic heterocycles. The van der Waals surface area contributed by atoms with Crippen molar-refractivity contribution in [3.63, 3.8) is 0 Å². The Morgan fingerprint density at radius 3 is 2.61 bits per heavy atom. The van der Waals surface area contributed by atoms with E-state index in [1.165, 1.54) is 0 Å². The largest absolute Gasteiger partial charge is 0.394 e. The predicted octanol–water partition coefficient (Wildman–Crippen LogP) is 3.16. The molecule has 0 bridgehead atoms. The van der Waals surface area contributed by atoms with Crippen LogP contribution in [0, 0.1) is 0 Å². The summed E-state index contributed by atoms with van der Waals surface area (Å²) in [6.07, 6.45) is 7.75. The van der Waals surface area contributed by atoms with Gasteiger partial charge >= 0.3 is 0 Å². The van der Waals surface area contributed by atoms with Crippen LogP contribution in [0.5, 0.6) is 0 Å². The maximum absolute atomic E-state index is 8.89. The number of aliphatic hydroxyl groups is 1. The maximum Gasteiger partial charge on any atom is 0.0713 e. The molecule has 0 amide bonds. The molecule has 2 heteroatoms. The van der Waals surface area contributed by atoms with E-state index < -0.39 is 0 Å². The van der Waals surface area contributed by atoms with Crippen molar-refractivity contribution in [2.24, 2.45) is 4.99 Å². The number of rotatable bonds is 6. The molecular weight excluding hydrogens is 222 g/mol. The summed E-state index contributed by atoms with van der Waals surface area (Å²) >= 11 is 0. The Hall–Kier alpha value is -1.93. The van der Waals surface area contributed by atoms with Crippen molar-refractivity contribution >= 4 is 5.71 Å². The molecule has 0 spiro atoms. The average Bonchev–Trinajstić information content (AvgIpc) is 2.41. The van der Waals surface area contributed by atoms with Gasteiger partial charge in [0, 0.05) is 5.56 Å². The van der Waals surface area contributed by atoms with Crippen molar-refractivity contribution in [1.29, 1.82) is 0 Å². The van der Waals surface area contributed by atoms with Gasteiger partial charge in [0.25, 0.3) is 0 Å². The summed E-state index contributed by atoms with van der Waals surface area (Å²) in [4.78, 5) is 4.38. The fourth-order valence-corrected chi connectivity index (χ4v) is 1.50. The van der Waals surface area contributed by atoms with E-state index in [-0.39, 0.29) is 6.61 Å². The fourth-order valence-electron chi connectivity index (χ4n) is 1.50. The van der Waals surface area contributed by atoms with Crippen molar-refractivity contribution in [2.75, 3.05) is 13.2 Å². The second-order valence-electron chi connectivity index (χ2n) is 3.73. The number of aliphatic imine (C=N–C) groups is 1. The third-order valence-electron chi connectivity index (χ3n) is 2.32. The lowest BCUT2D eigenvalue weighted by atomic mass is 10.0. The average molecular weight is 241 g/mol. The minimum atomic E-state index is 0.0438. The topological polar surface area (TPSA) is 32.6 Å². The summed E-state index contributed by atoms with van der Waals surface area (Å²) in [5.41, 5.74) is 2.68. The molecule has 1 N–H and O–H groups in total. The molecule has 0 heterocycles. The first kappa shape index (κ1) is 14.1. The van der Waals surface area contributed by atoms with Crippen LogP contribution in [0.15, 0.2) is 71.8 Å². The molecule has 1 aromatic rings. The van der Waals surface area contributed by atoms with Crippen molar-refractivity contribution in [3.05, 3.63) is 72.4 Å². The number of allylic oxidation sites excluding steroid dienone is 5. The van der Waals surface area contributed by atoms with E-state index in [1.54, 1.807) is 0 Å². The van der Waals surface area contributed by atoms with E-state index in [0.717, 1.165) is 16.8 Å². The summed E-state index contributed by atoms with van der Waals surface area (Å²) in [5, 5.41) is 8.89. The summed E-state index contributed by atoms with van der Waals surface area (Å²) in [6.45, 7) is 6.42. The molecule has 1 aromatic carbocycles. The highest BCUT2D eigenvalue weighted by molar-refractivity contribution is 6.13. The molecule has 2 nitrogen and oxygen atoms in total. The highest BCUT2D eigenvalue weighted by Crippen LogP contribution is 2.09. The Labute approximate surface area is 109 Å². The first-order valence-corrected chi connectivity index (χ1v) is 5.99. The van der Waals surface area contributed by atoms with Crippen LogP contribution in [0.25, 0.3) is 0 Å². The second kappa shape index (κ2) is 8.20. The molecule has 0 radical (unpaired) electrons. The summed E-state index contributed by atoms with van der Waals surface area (Å²) in [6, 6.07) is 9.88. The third kappa shape index (κ3) is 4.52. The van der Waals surface area contributed by atoms with Crippen molar-refractivity contribution in [2.45, 2.75) is 6.92 Å². The predicted molar refractivity (Wildman–Crippen MR) is 78.0 cm³/mol. The van der Waals surface area contributed by atoms with Crippen LogP contribution in [0.2, 0.25) is 0 Å². The van der Waals surface area contributed by atoms with E-state index in [9.17, 15) is 0 Å². The molecule has 0 atom stereocenters. The fraction of sp³-hybridized carbons (Fsp3) is 0.188. The van der Waals surface area contributed by atoms with Gasteiger partial charge in [-0.2, -0.15) is 0 Å². The maximum atomic E-state index is 8.89. The monoisotopic (exact) mass is 241 g/mol. The van der Waals surface area contributed by atoms with Gasteiger partial charge in [0.1, 0.15) is 0 Å². The van der Waals surface area contributed by atoms with E-state index in [2.05, 4.69) is 11.6 Å². The molecule has 94 valence electrons. The van der Waals surface area contributed by atoms with Crippen molar-refractivity contribution < 1.29 is 5.11 Å². The van der Waals surface area contributed by atoms with E-state index in [4.69, 9.17) is 5.11 Å². The van der Waals surface area contributed by atoms with Crippen molar-refractivity contribution in [1.82, 2.24) is 0 Å². The van der Waals surface area contributed by atoms with Gasteiger partial charge in [-0.05, 0) is 12.5 Å². The number of benzene rings is 1. The molecule has 18 heavy (non-hydrogen) atoms. The van der Waals surface area contributed by atoms with Gasteiger partial charge in [0.15, 0.2) is 0 Å². The van der Waals surface area contributed by atoms with Crippen LogP contribution < -0.4 is 0 Å². The number of hydrogen-bond acceptors (Lipinski definition) is 2. The minimum Gasteiger partial charge on any atom is -0.394 e. The Balaban J connectivity index is 2.96. The molecular formula is C16H19NO. The Morgan fingerprint density at radius 2 is 2.00 bits per heavy atom. The first-order chi connectivity index (χ1) is 8.79. The molecule has 0 aliphatic heterocycles. The van der Waals surface area contributed by atoms with Gasteiger partial charge in [-0.15, -0.1) is 0 Å². The van der Waals surface area contributed by atoms with Gasteiger partial charge in [-0.25, -0.2) is 0 Å². The smallest absolute Gasteiger partial charge is 0.0713 e. The quantitative estimate of drug-likeness (QED) is 0.602. The Bertz CT molecular complexity index is 455. The van der Waals surface area contributed by atoms with E-state index in [1.807, 2.05) is 61.6 Å². The highest BCUT2D eigenvalue weighted by atomic mass is 16.3. The Kier molecular flexibility index (Phi) is 6.44. The van der Waals surface area contributed by atoms with Gasteiger partial charge in [0.05, 0.1) is 18.9 Å². The lowest BCUT2D eigenvalue weighted by Crippen LogP contribution is -2.05. The molecule has 1 rings (SSSR count). The van der Waals surface area contributed by atoms with Gasteiger partial charge in [-0.3, -0.25) is 4.99 Å². The number of hydrogen-bond donors (Lipinski definition) is 1. The van der Waals surface area contributed by atoms with Crippen LogP contribution >= 0.6 is 0 Å².